The van der Waals surface area contributed by atoms with Crippen LogP contribution in [0.5, 0.6) is 5.75 Å². The molecule has 2 aromatic rings. The van der Waals surface area contributed by atoms with Crippen LogP contribution in [0.1, 0.15) is 23.2 Å². The summed E-state index contributed by atoms with van der Waals surface area (Å²) in [6.45, 7) is 0.978. The summed E-state index contributed by atoms with van der Waals surface area (Å²) in [4.78, 5) is 18.1. The van der Waals surface area contributed by atoms with Crippen LogP contribution in [-0.4, -0.2) is 35.0 Å². The minimum absolute atomic E-state index is 0.0706. The molecule has 3 rings (SSSR count). The number of hydrogen-bond donors (Lipinski definition) is 0. The van der Waals surface area contributed by atoms with Crippen molar-refractivity contribution in [3.63, 3.8) is 0 Å². The number of nitrogens with zero attached hydrogens (tertiary/aromatic N) is 2. The van der Waals surface area contributed by atoms with E-state index < -0.39 is 11.7 Å². The number of amides is 1. The maximum atomic E-state index is 13.9. The lowest BCUT2D eigenvalue weighted by Gasteiger charge is -2.33. The Morgan fingerprint density at radius 2 is 2.09 bits per heavy atom. The van der Waals surface area contributed by atoms with Gasteiger partial charge in [-0.15, -0.1) is 0 Å². The minimum Gasteiger partial charge on any atom is -0.488 e. The maximum absolute atomic E-state index is 13.9. The quantitative estimate of drug-likeness (QED) is 0.862. The molecule has 1 atom stereocenters. The molecule has 0 spiro atoms. The van der Waals surface area contributed by atoms with Crippen LogP contribution < -0.4 is 4.74 Å². The van der Waals surface area contributed by atoms with Crippen molar-refractivity contribution in [2.75, 3.05) is 13.1 Å². The average molecular weight is 335 g/mol. The number of benzene rings is 1. The van der Waals surface area contributed by atoms with Gasteiger partial charge in [0.25, 0.3) is 5.91 Å². The predicted octanol–water partition coefficient (Wildman–Crippen LogP) is 3.56. The fraction of sp³-hybridized carbons (Fsp3) is 0.294. The molecule has 6 heteroatoms. The zero-order valence-electron chi connectivity index (χ0n) is 12.4. The Morgan fingerprint density at radius 1 is 1.30 bits per heavy atom. The zero-order valence-corrected chi connectivity index (χ0v) is 13.2. The number of carbonyl (C=O) groups excluding carboxylic acids is 1. The van der Waals surface area contributed by atoms with E-state index >= 15 is 0 Å². The third kappa shape index (κ3) is 3.62. The van der Waals surface area contributed by atoms with Crippen molar-refractivity contribution in [3.05, 3.63) is 59.1 Å². The largest absolute Gasteiger partial charge is 0.488 e. The van der Waals surface area contributed by atoms with E-state index in [0.717, 1.165) is 12.8 Å². The summed E-state index contributed by atoms with van der Waals surface area (Å²) in [5.74, 6) is -0.279. The van der Waals surface area contributed by atoms with Crippen LogP contribution >= 0.6 is 11.6 Å². The fourth-order valence-electron chi connectivity index (χ4n) is 2.69. The number of carbonyl (C=O) groups is 1. The Morgan fingerprint density at radius 3 is 2.83 bits per heavy atom. The van der Waals surface area contributed by atoms with E-state index in [4.69, 9.17) is 16.3 Å². The Kier molecular flexibility index (Phi) is 4.76. The molecule has 1 aliphatic heterocycles. The summed E-state index contributed by atoms with van der Waals surface area (Å²) in [6, 6.07) is 7.80. The maximum Gasteiger partial charge on any atom is 0.258 e. The second-order valence-corrected chi connectivity index (χ2v) is 5.82. The molecule has 1 saturated heterocycles. The van der Waals surface area contributed by atoms with Gasteiger partial charge >= 0.3 is 0 Å². The molecule has 0 saturated carbocycles. The number of hydrogen-bond acceptors (Lipinski definition) is 3. The first kappa shape index (κ1) is 15.7. The summed E-state index contributed by atoms with van der Waals surface area (Å²) in [6.07, 6.45) is 4.83. The number of pyridine rings is 1. The van der Waals surface area contributed by atoms with Crippen LogP contribution in [0.15, 0.2) is 42.7 Å². The molecule has 4 nitrogen and oxygen atoms in total. The number of rotatable bonds is 3. The molecule has 1 amide bonds. The molecule has 0 radical (unpaired) electrons. The van der Waals surface area contributed by atoms with E-state index in [1.807, 2.05) is 0 Å². The molecule has 2 heterocycles. The molecular formula is C17H16ClFN2O2. The molecule has 1 aromatic carbocycles. The lowest BCUT2D eigenvalue weighted by atomic mass is 10.1. The van der Waals surface area contributed by atoms with E-state index in [9.17, 15) is 9.18 Å². The lowest BCUT2D eigenvalue weighted by molar-refractivity contribution is 0.0533. The molecule has 1 fully saturated rings. The van der Waals surface area contributed by atoms with Crippen molar-refractivity contribution in [2.24, 2.45) is 0 Å². The van der Waals surface area contributed by atoms with E-state index in [2.05, 4.69) is 4.98 Å². The van der Waals surface area contributed by atoms with E-state index in [-0.39, 0.29) is 16.7 Å². The Balaban J connectivity index is 1.72. The third-order valence-corrected chi connectivity index (χ3v) is 4.11. The second-order valence-electron chi connectivity index (χ2n) is 5.41. The summed E-state index contributed by atoms with van der Waals surface area (Å²) in [7, 11) is 0. The molecule has 0 bridgehead atoms. The first-order valence-corrected chi connectivity index (χ1v) is 7.83. The number of aromatic nitrogens is 1. The first-order valence-electron chi connectivity index (χ1n) is 7.45. The Labute approximate surface area is 138 Å². The lowest BCUT2D eigenvalue weighted by Crippen LogP contribution is -2.44. The number of halogens is 2. The first-order chi connectivity index (χ1) is 11.1. The molecule has 23 heavy (non-hydrogen) atoms. The van der Waals surface area contributed by atoms with Crippen molar-refractivity contribution < 1.29 is 13.9 Å². The molecule has 0 unspecified atom stereocenters. The van der Waals surface area contributed by atoms with Gasteiger partial charge in [-0.05, 0) is 37.1 Å². The molecule has 0 aliphatic carbocycles. The Bertz CT molecular complexity index is 676. The van der Waals surface area contributed by atoms with Gasteiger partial charge in [-0.2, -0.15) is 0 Å². The highest BCUT2D eigenvalue weighted by atomic mass is 35.5. The number of ether oxygens (including phenoxy) is 1. The molecule has 0 N–H and O–H groups in total. The topological polar surface area (TPSA) is 42.4 Å². The van der Waals surface area contributed by atoms with Crippen molar-refractivity contribution >= 4 is 17.5 Å². The van der Waals surface area contributed by atoms with Crippen LogP contribution in [0.25, 0.3) is 0 Å². The fourth-order valence-corrected chi connectivity index (χ4v) is 2.93. The van der Waals surface area contributed by atoms with E-state index in [1.54, 1.807) is 29.4 Å². The van der Waals surface area contributed by atoms with Crippen molar-refractivity contribution in [2.45, 2.75) is 18.9 Å². The highest BCUT2D eigenvalue weighted by Crippen LogP contribution is 2.24. The van der Waals surface area contributed by atoms with Crippen LogP contribution in [0.3, 0.4) is 0 Å². The molecule has 1 aromatic heterocycles. The van der Waals surface area contributed by atoms with Gasteiger partial charge in [-0.1, -0.05) is 17.7 Å². The van der Waals surface area contributed by atoms with Crippen LogP contribution in [0.2, 0.25) is 5.02 Å². The summed E-state index contributed by atoms with van der Waals surface area (Å²) >= 11 is 5.98. The van der Waals surface area contributed by atoms with Gasteiger partial charge in [0.2, 0.25) is 0 Å². The average Bonchev–Trinajstić information content (AvgIpc) is 2.56. The van der Waals surface area contributed by atoms with Gasteiger partial charge < -0.3 is 9.64 Å². The molecule has 1 aliphatic rings. The second kappa shape index (κ2) is 6.96. The van der Waals surface area contributed by atoms with Gasteiger partial charge in [0.1, 0.15) is 17.7 Å². The summed E-state index contributed by atoms with van der Waals surface area (Å²) in [5, 5.41) is 0.132. The predicted molar refractivity (Wildman–Crippen MR) is 85.2 cm³/mol. The SMILES string of the molecule is O=C(c1c(F)cccc1Cl)N1CCC[C@H](Oc2ccncc2)C1. The van der Waals surface area contributed by atoms with Crippen LogP contribution in [0.4, 0.5) is 4.39 Å². The monoisotopic (exact) mass is 334 g/mol. The number of likely N-dealkylation sites (tertiary alicyclic amines) is 1. The van der Waals surface area contributed by atoms with Crippen LogP contribution in [0, 0.1) is 5.82 Å². The number of piperidine rings is 1. The summed E-state index contributed by atoms with van der Waals surface area (Å²) < 4.78 is 19.8. The highest BCUT2D eigenvalue weighted by molar-refractivity contribution is 6.33. The molecule has 120 valence electrons. The van der Waals surface area contributed by atoms with Crippen molar-refractivity contribution in [1.82, 2.24) is 9.88 Å². The standard InChI is InChI=1S/C17H16ClFN2O2/c18-14-4-1-5-15(19)16(14)17(22)21-10-2-3-13(11-21)23-12-6-8-20-9-7-12/h1,4-9,13H,2-3,10-11H2/t13-/m0/s1. The minimum atomic E-state index is -0.598. The van der Waals surface area contributed by atoms with Crippen LogP contribution in [-0.2, 0) is 0 Å². The molecular weight excluding hydrogens is 319 g/mol. The normalized spacial score (nSPS) is 17.8. The zero-order chi connectivity index (χ0) is 16.2. The highest BCUT2D eigenvalue weighted by Gasteiger charge is 2.28. The van der Waals surface area contributed by atoms with Crippen molar-refractivity contribution in [3.8, 4) is 5.75 Å². The van der Waals surface area contributed by atoms with Gasteiger partial charge in [0.05, 0.1) is 17.1 Å². The smallest absolute Gasteiger partial charge is 0.258 e. The Hall–Kier alpha value is -2.14. The van der Waals surface area contributed by atoms with Gasteiger partial charge in [0.15, 0.2) is 0 Å². The van der Waals surface area contributed by atoms with Gasteiger partial charge in [-0.3, -0.25) is 9.78 Å². The third-order valence-electron chi connectivity index (χ3n) is 3.79. The summed E-state index contributed by atoms with van der Waals surface area (Å²) in [5.41, 5.74) is -0.0706. The van der Waals surface area contributed by atoms with Crippen molar-refractivity contribution in [1.29, 1.82) is 0 Å². The van der Waals surface area contributed by atoms with Gasteiger partial charge in [0, 0.05) is 18.9 Å². The van der Waals surface area contributed by atoms with E-state index in [0.29, 0.717) is 18.8 Å². The van der Waals surface area contributed by atoms with Gasteiger partial charge in [-0.25, -0.2) is 4.39 Å². The van der Waals surface area contributed by atoms with E-state index in [1.165, 1.54) is 18.2 Å².